The summed E-state index contributed by atoms with van der Waals surface area (Å²) in [5.74, 6) is -4.33. The maximum atomic E-state index is 14.3. The van der Waals surface area contributed by atoms with Crippen LogP contribution in [0.3, 0.4) is 0 Å². The maximum absolute atomic E-state index is 14.3. The van der Waals surface area contributed by atoms with Crippen LogP contribution in [0.15, 0.2) is 53.5 Å². The van der Waals surface area contributed by atoms with Gasteiger partial charge in [0.15, 0.2) is 0 Å². The molecule has 2 N–H and O–H groups in total. The van der Waals surface area contributed by atoms with Crippen molar-refractivity contribution in [1.29, 1.82) is 0 Å². The minimum atomic E-state index is -2.84. The largest absolute Gasteiger partial charge is 0.444 e. The zero-order valence-electron chi connectivity index (χ0n) is 24.9. The Labute approximate surface area is 255 Å². The molecule has 2 fully saturated rings. The Morgan fingerprint density at radius 1 is 1.16 bits per heavy atom. The van der Waals surface area contributed by atoms with E-state index in [1.807, 2.05) is 30.3 Å². The third-order valence-electron chi connectivity index (χ3n) is 7.55. The molecule has 0 bridgehead atoms. The SMILES string of the molecule is CC1CC(N2C(=O)C[C@@](C)(c3cccc(NC(=O)OCc4ccccc4)c3Cl)N/C2=N\C(=O)OC(C)(C)C)CCC1(F)F. The first-order valence-electron chi connectivity index (χ1n) is 14.1. The molecule has 1 saturated carbocycles. The zero-order chi connectivity index (χ0) is 31.6. The van der Waals surface area contributed by atoms with Gasteiger partial charge in [-0.25, -0.2) is 18.4 Å². The molecule has 1 heterocycles. The van der Waals surface area contributed by atoms with E-state index < -0.39 is 47.1 Å². The average molecular weight is 619 g/mol. The van der Waals surface area contributed by atoms with E-state index in [-0.39, 0.29) is 49.0 Å². The summed E-state index contributed by atoms with van der Waals surface area (Å²) in [4.78, 5) is 44.5. The van der Waals surface area contributed by atoms with E-state index >= 15 is 0 Å². The quantitative estimate of drug-likeness (QED) is 0.366. The van der Waals surface area contributed by atoms with Gasteiger partial charge in [0, 0.05) is 18.4 Å². The Morgan fingerprint density at radius 2 is 1.86 bits per heavy atom. The van der Waals surface area contributed by atoms with Gasteiger partial charge in [0.25, 0.3) is 5.92 Å². The van der Waals surface area contributed by atoms with Gasteiger partial charge in [0.05, 0.1) is 22.7 Å². The Kier molecular flexibility index (Phi) is 9.34. The third kappa shape index (κ3) is 7.81. The molecule has 1 aliphatic heterocycles. The molecular formula is C31H37ClF2N4O5. The minimum absolute atomic E-state index is 0.0374. The first-order valence-corrected chi connectivity index (χ1v) is 14.5. The second-order valence-electron chi connectivity index (χ2n) is 12.3. The summed E-state index contributed by atoms with van der Waals surface area (Å²) >= 11 is 6.77. The molecule has 1 saturated heterocycles. The summed E-state index contributed by atoms with van der Waals surface area (Å²) in [6.45, 7) is 8.26. The lowest BCUT2D eigenvalue weighted by Gasteiger charge is -2.47. The van der Waals surface area contributed by atoms with E-state index in [9.17, 15) is 23.2 Å². The molecule has 12 heteroatoms. The van der Waals surface area contributed by atoms with Gasteiger partial charge >= 0.3 is 12.2 Å². The highest BCUT2D eigenvalue weighted by molar-refractivity contribution is 6.34. The van der Waals surface area contributed by atoms with Gasteiger partial charge in [-0.05, 0) is 57.7 Å². The van der Waals surface area contributed by atoms with Crippen LogP contribution in [0.4, 0.5) is 24.1 Å². The fourth-order valence-corrected chi connectivity index (χ4v) is 5.69. The van der Waals surface area contributed by atoms with Gasteiger partial charge in [-0.3, -0.25) is 15.0 Å². The monoisotopic (exact) mass is 618 g/mol. The second-order valence-corrected chi connectivity index (χ2v) is 12.6. The van der Waals surface area contributed by atoms with E-state index in [0.29, 0.717) is 5.56 Å². The molecule has 0 spiro atoms. The van der Waals surface area contributed by atoms with Crippen LogP contribution in [0.1, 0.15) is 71.4 Å². The molecule has 4 rings (SSSR count). The minimum Gasteiger partial charge on any atom is -0.444 e. The number of halogens is 3. The lowest BCUT2D eigenvalue weighted by atomic mass is 9.81. The predicted octanol–water partition coefficient (Wildman–Crippen LogP) is 7.24. The topological polar surface area (TPSA) is 109 Å². The van der Waals surface area contributed by atoms with Crippen molar-refractivity contribution in [3.05, 3.63) is 64.7 Å². The summed E-state index contributed by atoms with van der Waals surface area (Å²) in [5, 5.41) is 5.97. The van der Waals surface area contributed by atoms with Crippen molar-refractivity contribution in [1.82, 2.24) is 10.2 Å². The first kappa shape index (κ1) is 32.2. The number of hydrogen-bond donors (Lipinski definition) is 2. The van der Waals surface area contributed by atoms with Gasteiger partial charge < -0.3 is 14.8 Å². The number of amides is 3. The number of ether oxygens (including phenoxy) is 2. The van der Waals surface area contributed by atoms with Crippen LogP contribution >= 0.6 is 11.6 Å². The molecule has 3 amide bonds. The van der Waals surface area contributed by atoms with Crippen molar-refractivity contribution in [2.24, 2.45) is 10.9 Å². The number of nitrogens with zero attached hydrogens (tertiary/aromatic N) is 2. The van der Waals surface area contributed by atoms with Gasteiger partial charge in [0.1, 0.15) is 12.2 Å². The second kappa shape index (κ2) is 12.5. The van der Waals surface area contributed by atoms with Crippen LogP contribution < -0.4 is 10.6 Å². The lowest BCUT2D eigenvalue weighted by molar-refractivity contribution is -0.137. The van der Waals surface area contributed by atoms with Crippen LogP contribution in [0.2, 0.25) is 5.02 Å². The Morgan fingerprint density at radius 3 is 2.51 bits per heavy atom. The summed E-state index contributed by atoms with van der Waals surface area (Å²) < 4.78 is 39.3. The van der Waals surface area contributed by atoms with Crippen LogP contribution in [0, 0.1) is 5.92 Å². The number of nitrogens with one attached hydrogen (secondary N) is 2. The van der Waals surface area contributed by atoms with Crippen LogP contribution in [0.25, 0.3) is 0 Å². The number of carbonyl (C=O) groups excluding carboxylic acids is 3. The fraction of sp³-hybridized carbons (Fsp3) is 0.484. The molecule has 0 aromatic heterocycles. The molecule has 3 atom stereocenters. The van der Waals surface area contributed by atoms with Gasteiger partial charge in [-0.2, -0.15) is 0 Å². The van der Waals surface area contributed by atoms with E-state index in [0.717, 1.165) is 5.56 Å². The number of hydrogen-bond acceptors (Lipinski definition) is 5. The lowest BCUT2D eigenvalue weighted by Crippen LogP contribution is -2.63. The normalized spacial score (nSPS) is 24.7. The molecule has 232 valence electrons. The standard InChI is InChI=1S/C31H37ClF2N4O5/c1-19-16-21(14-15-31(19,33)34)38-24(39)17-30(5,37-26(38)36-28(41)43-29(2,3)4)22-12-9-13-23(25(22)32)35-27(40)42-18-20-10-7-6-8-11-20/h6-13,19,21H,14-18H2,1-5H3,(H,35,40)(H,36,37,41)/t19?,21?,30-/m0/s1. The van der Waals surface area contributed by atoms with Gasteiger partial charge in [0.2, 0.25) is 11.9 Å². The van der Waals surface area contributed by atoms with Crippen molar-refractivity contribution in [3.8, 4) is 0 Å². The van der Waals surface area contributed by atoms with Crippen molar-refractivity contribution >= 4 is 41.3 Å². The number of rotatable bonds is 5. The van der Waals surface area contributed by atoms with Crippen molar-refractivity contribution in [2.75, 3.05) is 5.32 Å². The maximum Gasteiger partial charge on any atom is 0.437 e. The average Bonchev–Trinajstić information content (AvgIpc) is 2.90. The fourth-order valence-electron chi connectivity index (χ4n) is 5.31. The van der Waals surface area contributed by atoms with Crippen LogP contribution in [-0.4, -0.2) is 46.5 Å². The first-order chi connectivity index (χ1) is 20.1. The highest BCUT2D eigenvalue weighted by Crippen LogP contribution is 2.43. The summed E-state index contributed by atoms with van der Waals surface area (Å²) in [5.41, 5.74) is -0.519. The molecule has 0 radical (unpaired) electrons. The van der Waals surface area contributed by atoms with E-state index in [4.69, 9.17) is 21.1 Å². The molecule has 43 heavy (non-hydrogen) atoms. The summed E-state index contributed by atoms with van der Waals surface area (Å²) in [7, 11) is 0. The van der Waals surface area contributed by atoms with Crippen LogP contribution in [-0.2, 0) is 26.4 Å². The van der Waals surface area contributed by atoms with Crippen molar-refractivity contribution in [3.63, 3.8) is 0 Å². The van der Waals surface area contributed by atoms with Gasteiger partial charge in [-0.15, -0.1) is 4.99 Å². The summed E-state index contributed by atoms with van der Waals surface area (Å²) in [6.07, 6.45) is -2.09. The van der Waals surface area contributed by atoms with Crippen LogP contribution in [0.5, 0.6) is 0 Å². The predicted molar refractivity (Wildman–Crippen MR) is 159 cm³/mol. The zero-order valence-corrected chi connectivity index (χ0v) is 25.6. The Balaban J connectivity index is 1.60. The number of alkyl halides is 2. The van der Waals surface area contributed by atoms with E-state index in [1.54, 1.807) is 45.9 Å². The highest BCUT2D eigenvalue weighted by Gasteiger charge is 2.49. The summed E-state index contributed by atoms with van der Waals surface area (Å²) in [6, 6.07) is 13.5. The highest BCUT2D eigenvalue weighted by atomic mass is 35.5. The molecular weight excluding hydrogens is 582 g/mol. The third-order valence-corrected chi connectivity index (χ3v) is 7.95. The number of guanidine groups is 1. The molecule has 9 nitrogen and oxygen atoms in total. The molecule has 2 unspecified atom stereocenters. The molecule has 2 aromatic rings. The van der Waals surface area contributed by atoms with E-state index in [1.165, 1.54) is 11.8 Å². The smallest absolute Gasteiger partial charge is 0.437 e. The van der Waals surface area contributed by atoms with Gasteiger partial charge in [-0.1, -0.05) is 61.0 Å². The number of benzene rings is 2. The molecule has 2 aromatic carbocycles. The Bertz CT molecular complexity index is 1400. The number of carbonyl (C=O) groups is 3. The van der Waals surface area contributed by atoms with Crippen molar-refractivity contribution in [2.45, 2.75) is 90.0 Å². The number of aliphatic imine (C=N–C) groups is 1. The molecule has 1 aliphatic carbocycles. The van der Waals surface area contributed by atoms with E-state index in [2.05, 4.69) is 15.6 Å². The number of anilines is 1. The molecule has 2 aliphatic rings. The van der Waals surface area contributed by atoms with Crippen molar-refractivity contribution < 1.29 is 32.6 Å². The Hall–Kier alpha value is -3.73.